The van der Waals surface area contributed by atoms with Crippen molar-refractivity contribution in [1.82, 2.24) is 14.5 Å². The summed E-state index contributed by atoms with van der Waals surface area (Å²) < 4.78 is 7.39. The Morgan fingerprint density at radius 1 is 0.392 bits per heavy atom. The molecule has 0 spiro atoms. The smallest absolute Gasteiger partial charge is 0.235 e. The van der Waals surface area contributed by atoms with Crippen molar-refractivity contribution in [2.45, 2.75) is 0 Å². The van der Waals surface area contributed by atoms with Crippen molar-refractivity contribution < 1.29 is 0 Å². The van der Waals surface area contributed by atoms with E-state index in [1.54, 1.807) is 0 Å². The van der Waals surface area contributed by atoms with E-state index in [9.17, 15) is 0 Å². The van der Waals surface area contributed by atoms with Gasteiger partial charge in [0.15, 0.2) is 0 Å². The molecule has 0 saturated heterocycles. The number of nitrogens with zero attached hydrogens (tertiary/aromatic N) is 3. The number of hydrogen-bond acceptors (Lipinski definition) is 4. The van der Waals surface area contributed by atoms with Gasteiger partial charge in [-0.15, -0.1) is 22.7 Å². The molecule has 0 atom stereocenters. The molecule has 0 amide bonds. The SMILES string of the molecule is c1ccc(-c2cc(-c3cccc4c3sc3ccccc34)nc(-n3c4ccccc4c4c5sc6c(-c7ccccc7)cccc6c5ccc43)n2)cc1. The van der Waals surface area contributed by atoms with Crippen molar-refractivity contribution in [3.05, 3.63) is 164 Å². The number of aromatic nitrogens is 3. The zero-order valence-corrected chi connectivity index (χ0v) is 28.9. The van der Waals surface area contributed by atoms with Crippen LogP contribution in [0, 0.1) is 0 Å². The number of rotatable bonds is 4. The number of para-hydroxylation sites is 1. The van der Waals surface area contributed by atoms with Gasteiger partial charge >= 0.3 is 0 Å². The van der Waals surface area contributed by atoms with E-state index in [2.05, 4.69) is 168 Å². The van der Waals surface area contributed by atoms with Gasteiger partial charge in [0, 0.05) is 62.2 Å². The van der Waals surface area contributed by atoms with Crippen molar-refractivity contribution in [2.24, 2.45) is 0 Å². The lowest BCUT2D eigenvalue weighted by Crippen LogP contribution is -2.04. The Morgan fingerprint density at radius 2 is 1.00 bits per heavy atom. The molecule has 3 nitrogen and oxygen atoms in total. The second kappa shape index (κ2) is 11.2. The minimum Gasteiger partial charge on any atom is -0.278 e. The van der Waals surface area contributed by atoms with E-state index < -0.39 is 0 Å². The van der Waals surface area contributed by atoms with Crippen LogP contribution in [0.1, 0.15) is 0 Å². The van der Waals surface area contributed by atoms with Gasteiger partial charge in [-0.3, -0.25) is 4.57 Å². The molecule has 11 rings (SSSR count). The Morgan fingerprint density at radius 3 is 1.82 bits per heavy atom. The number of fused-ring (bicyclic) bond motifs is 10. The van der Waals surface area contributed by atoms with Gasteiger partial charge in [-0.1, -0.05) is 140 Å². The first-order valence-corrected chi connectivity index (χ1v) is 18.7. The molecule has 7 aromatic carbocycles. The molecule has 0 aliphatic rings. The Kier molecular flexibility index (Phi) is 6.29. The van der Waals surface area contributed by atoms with Gasteiger partial charge in [0.1, 0.15) is 0 Å². The van der Waals surface area contributed by atoms with E-state index in [-0.39, 0.29) is 0 Å². The Labute approximate surface area is 301 Å². The highest BCUT2D eigenvalue weighted by Crippen LogP contribution is 2.46. The topological polar surface area (TPSA) is 30.7 Å². The van der Waals surface area contributed by atoms with Crippen LogP contribution in [0.4, 0.5) is 0 Å². The van der Waals surface area contributed by atoms with Crippen LogP contribution in [0.2, 0.25) is 0 Å². The first-order valence-electron chi connectivity index (χ1n) is 17.1. The highest BCUT2D eigenvalue weighted by atomic mass is 32.1. The number of thiophene rings is 2. The average Bonchev–Trinajstić information content (AvgIpc) is 3.88. The summed E-state index contributed by atoms with van der Waals surface area (Å²) in [5.41, 5.74) is 8.70. The van der Waals surface area contributed by atoms with Crippen molar-refractivity contribution in [2.75, 3.05) is 0 Å². The first-order chi connectivity index (χ1) is 25.3. The zero-order chi connectivity index (χ0) is 33.5. The summed E-state index contributed by atoms with van der Waals surface area (Å²) in [5, 5.41) is 7.55. The van der Waals surface area contributed by atoms with E-state index in [0.717, 1.165) is 33.5 Å². The van der Waals surface area contributed by atoms with Gasteiger partial charge in [-0.05, 0) is 35.4 Å². The van der Waals surface area contributed by atoms with Crippen LogP contribution in [0.3, 0.4) is 0 Å². The zero-order valence-electron chi connectivity index (χ0n) is 27.2. The van der Waals surface area contributed by atoms with E-state index >= 15 is 0 Å². The summed E-state index contributed by atoms with van der Waals surface area (Å²) in [6, 6.07) is 58.6. The molecule has 4 aromatic heterocycles. The third kappa shape index (κ3) is 4.35. The summed E-state index contributed by atoms with van der Waals surface area (Å²) in [6.45, 7) is 0. The van der Waals surface area contributed by atoms with Gasteiger partial charge in [0.05, 0.1) is 22.4 Å². The third-order valence-electron chi connectivity index (χ3n) is 10.0. The summed E-state index contributed by atoms with van der Waals surface area (Å²) in [7, 11) is 0. The van der Waals surface area contributed by atoms with Crippen LogP contribution in [0.5, 0.6) is 0 Å². The lowest BCUT2D eigenvalue weighted by Gasteiger charge is -2.12. The molecule has 51 heavy (non-hydrogen) atoms. The van der Waals surface area contributed by atoms with Gasteiger partial charge < -0.3 is 0 Å². The Balaban J connectivity index is 1.22. The van der Waals surface area contributed by atoms with Crippen molar-refractivity contribution in [1.29, 1.82) is 0 Å². The molecule has 0 N–H and O–H groups in total. The lowest BCUT2D eigenvalue weighted by molar-refractivity contribution is 0.996. The minimum absolute atomic E-state index is 0.668. The molecule has 5 heteroatoms. The Hall–Kier alpha value is -6.14. The summed E-state index contributed by atoms with van der Waals surface area (Å²) >= 11 is 3.72. The molecular weight excluding hydrogens is 659 g/mol. The van der Waals surface area contributed by atoms with E-state index in [1.807, 2.05) is 22.7 Å². The fourth-order valence-electron chi connectivity index (χ4n) is 7.75. The fraction of sp³-hybridized carbons (Fsp3) is 0. The maximum Gasteiger partial charge on any atom is 0.235 e. The van der Waals surface area contributed by atoms with Crippen molar-refractivity contribution in [3.8, 4) is 39.6 Å². The van der Waals surface area contributed by atoms with E-state index in [4.69, 9.17) is 9.97 Å². The second-order valence-corrected chi connectivity index (χ2v) is 15.0. The van der Waals surface area contributed by atoms with E-state index in [0.29, 0.717) is 5.95 Å². The van der Waals surface area contributed by atoms with Crippen LogP contribution in [-0.4, -0.2) is 14.5 Å². The molecular formula is C46H27N3S2. The molecule has 0 unspecified atom stereocenters. The second-order valence-electron chi connectivity index (χ2n) is 12.9. The molecule has 4 heterocycles. The van der Waals surface area contributed by atoms with Crippen LogP contribution >= 0.6 is 22.7 Å². The molecule has 0 radical (unpaired) electrons. The highest BCUT2D eigenvalue weighted by molar-refractivity contribution is 7.27. The van der Waals surface area contributed by atoms with Gasteiger partial charge in [-0.2, -0.15) is 0 Å². The standard InChI is InChI=1S/C46H27N3S2/c1-3-13-28(14-4-1)30-19-11-21-33-34-25-26-40-42(45(34)51-43(30)33)36-18-7-9-23-39(36)49(40)46-47-37(29-15-5-2-6-16-29)27-38(48-46)35-22-12-20-32-31-17-8-10-24-41(31)50-44(32)35/h1-27H. The average molecular weight is 686 g/mol. The normalized spacial score (nSPS) is 11.9. The van der Waals surface area contributed by atoms with Gasteiger partial charge in [0.25, 0.3) is 0 Å². The summed E-state index contributed by atoms with van der Waals surface area (Å²) in [6.07, 6.45) is 0. The minimum atomic E-state index is 0.668. The molecule has 0 aliphatic heterocycles. The summed E-state index contributed by atoms with van der Waals surface area (Å²) in [5.74, 6) is 0.668. The van der Waals surface area contributed by atoms with Crippen molar-refractivity contribution >= 4 is 84.8 Å². The van der Waals surface area contributed by atoms with E-state index in [1.165, 1.54) is 62.2 Å². The molecule has 238 valence electrons. The van der Waals surface area contributed by atoms with Crippen LogP contribution in [-0.2, 0) is 0 Å². The van der Waals surface area contributed by atoms with Crippen molar-refractivity contribution in [3.63, 3.8) is 0 Å². The molecule has 11 aromatic rings. The quantitative estimate of drug-likeness (QED) is 0.185. The van der Waals surface area contributed by atoms with Crippen LogP contribution in [0.25, 0.3) is 102 Å². The maximum absolute atomic E-state index is 5.43. The third-order valence-corrected chi connectivity index (χ3v) is 12.5. The monoisotopic (exact) mass is 685 g/mol. The number of hydrogen-bond donors (Lipinski definition) is 0. The highest BCUT2D eigenvalue weighted by Gasteiger charge is 2.21. The predicted molar refractivity (Wildman–Crippen MR) is 218 cm³/mol. The van der Waals surface area contributed by atoms with Gasteiger partial charge in [-0.25, -0.2) is 9.97 Å². The first kappa shape index (κ1) is 28.7. The fourth-order valence-corrected chi connectivity index (χ4v) is 10.4. The lowest BCUT2D eigenvalue weighted by atomic mass is 10.0. The maximum atomic E-state index is 5.43. The molecule has 0 fully saturated rings. The van der Waals surface area contributed by atoms with Gasteiger partial charge in [0.2, 0.25) is 5.95 Å². The molecule has 0 aliphatic carbocycles. The molecule has 0 saturated carbocycles. The van der Waals surface area contributed by atoms with Crippen LogP contribution in [0.15, 0.2) is 164 Å². The largest absolute Gasteiger partial charge is 0.278 e. The number of benzene rings is 7. The Bertz CT molecular complexity index is 3130. The molecule has 0 bridgehead atoms. The van der Waals surface area contributed by atoms with Crippen LogP contribution < -0.4 is 0 Å². The summed E-state index contributed by atoms with van der Waals surface area (Å²) in [4.78, 5) is 10.8. The predicted octanol–water partition coefficient (Wildman–Crippen LogP) is 13.3.